The standard InChI is InChI=1S/C16H9F2NOS2/c17-11-5-3-6-12(9-11)19-15(20)14(22-16(19)21)8-10-4-1-2-7-13(10)18/h1-9H/b14-8+. The van der Waals surface area contributed by atoms with Gasteiger partial charge in [0, 0.05) is 5.56 Å². The molecule has 1 amide bonds. The van der Waals surface area contributed by atoms with Crippen LogP contribution < -0.4 is 4.90 Å². The molecule has 3 rings (SSSR count). The van der Waals surface area contributed by atoms with Gasteiger partial charge in [0.15, 0.2) is 4.32 Å². The molecule has 1 aliphatic heterocycles. The predicted octanol–water partition coefficient (Wildman–Crippen LogP) is 4.37. The van der Waals surface area contributed by atoms with E-state index in [1.165, 1.54) is 35.2 Å². The number of halogens is 2. The van der Waals surface area contributed by atoms with Crippen LogP contribution >= 0.6 is 24.0 Å². The van der Waals surface area contributed by atoms with Gasteiger partial charge in [0.2, 0.25) is 0 Å². The average Bonchev–Trinajstić information content (AvgIpc) is 2.76. The molecule has 110 valence electrons. The summed E-state index contributed by atoms with van der Waals surface area (Å²) in [5.74, 6) is -1.26. The van der Waals surface area contributed by atoms with Gasteiger partial charge in [-0.25, -0.2) is 8.78 Å². The van der Waals surface area contributed by atoms with Gasteiger partial charge in [0.1, 0.15) is 11.6 Å². The Labute approximate surface area is 135 Å². The monoisotopic (exact) mass is 333 g/mol. The number of carbonyl (C=O) groups is 1. The van der Waals surface area contributed by atoms with E-state index >= 15 is 0 Å². The number of thiocarbonyl (C=S) groups is 1. The lowest BCUT2D eigenvalue weighted by atomic mass is 10.2. The second-order valence-corrected chi connectivity index (χ2v) is 6.19. The van der Waals surface area contributed by atoms with Crippen LogP contribution in [-0.4, -0.2) is 10.2 Å². The third-order valence-corrected chi connectivity index (χ3v) is 4.35. The molecule has 2 aromatic carbocycles. The zero-order valence-electron chi connectivity index (χ0n) is 11.1. The van der Waals surface area contributed by atoms with Gasteiger partial charge in [-0.15, -0.1) is 0 Å². The highest BCUT2D eigenvalue weighted by atomic mass is 32.2. The largest absolute Gasteiger partial charge is 0.270 e. The molecule has 22 heavy (non-hydrogen) atoms. The molecule has 1 heterocycles. The summed E-state index contributed by atoms with van der Waals surface area (Å²) >= 11 is 6.25. The van der Waals surface area contributed by atoms with Gasteiger partial charge in [-0.3, -0.25) is 9.69 Å². The number of carbonyl (C=O) groups excluding carboxylic acids is 1. The maximum Gasteiger partial charge on any atom is 0.270 e. The van der Waals surface area contributed by atoms with Crippen molar-refractivity contribution in [1.82, 2.24) is 0 Å². The third kappa shape index (κ3) is 2.80. The van der Waals surface area contributed by atoms with Crippen molar-refractivity contribution >= 4 is 46.0 Å². The molecular formula is C16H9F2NOS2. The fourth-order valence-corrected chi connectivity index (χ4v) is 3.33. The van der Waals surface area contributed by atoms with E-state index in [2.05, 4.69) is 0 Å². The van der Waals surface area contributed by atoms with Crippen LogP contribution in [0.4, 0.5) is 14.5 Å². The predicted molar refractivity (Wildman–Crippen MR) is 88.5 cm³/mol. The molecular weight excluding hydrogens is 324 g/mol. The molecule has 1 fully saturated rings. The molecule has 0 aromatic heterocycles. The molecule has 0 spiro atoms. The van der Waals surface area contributed by atoms with Crippen LogP contribution in [0.5, 0.6) is 0 Å². The summed E-state index contributed by atoms with van der Waals surface area (Å²) in [6, 6.07) is 11.8. The number of rotatable bonds is 2. The zero-order chi connectivity index (χ0) is 15.7. The topological polar surface area (TPSA) is 20.3 Å². The van der Waals surface area contributed by atoms with Crippen molar-refractivity contribution in [2.24, 2.45) is 0 Å². The summed E-state index contributed by atoms with van der Waals surface area (Å²) in [6.45, 7) is 0. The molecule has 6 heteroatoms. The molecule has 0 N–H and O–H groups in total. The Morgan fingerprint density at radius 1 is 1.09 bits per heavy atom. The lowest BCUT2D eigenvalue weighted by molar-refractivity contribution is -0.113. The minimum atomic E-state index is -0.454. The van der Waals surface area contributed by atoms with Crippen LogP contribution in [0.3, 0.4) is 0 Å². The molecule has 0 bridgehead atoms. The van der Waals surface area contributed by atoms with Crippen LogP contribution in [0.2, 0.25) is 0 Å². The zero-order valence-corrected chi connectivity index (χ0v) is 12.8. The lowest BCUT2D eigenvalue weighted by Gasteiger charge is -2.14. The Hall–Kier alpha value is -2.05. The molecule has 0 atom stereocenters. The summed E-state index contributed by atoms with van der Waals surface area (Å²) < 4.78 is 27.3. The van der Waals surface area contributed by atoms with Crippen molar-refractivity contribution in [3.05, 3.63) is 70.6 Å². The van der Waals surface area contributed by atoms with E-state index in [9.17, 15) is 13.6 Å². The fourth-order valence-electron chi connectivity index (χ4n) is 2.04. The molecule has 2 nitrogen and oxygen atoms in total. The van der Waals surface area contributed by atoms with Crippen molar-refractivity contribution in [1.29, 1.82) is 0 Å². The summed E-state index contributed by atoms with van der Waals surface area (Å²) in [7, 11) is 0. The van der Waals surface area contributed by atoms with Crippen LogP contribution in [0.1, 0.15) is 5.56 Å². The van der Waals surface area contributed by atoms with Crippen LogP contribution in [-0.2, 0) is 4.79 Å². The Balaban J connectivity index is 1.97. The minimum Gasteiger partial charge on any atom is -0.268 e. The minimum absolute atomic E-state index is 0.290. The second kappa shape index (κ2) is 5.98. The molecule has 0 aliphatic carbocycles. The van der Waals surface area contributed by atoms with E-state index < -0.39 is 11.6 Å². The molecule has 0 radical (unpaired) electrons. The van der Waals surface area contributed by atoms with Gasteiger partial charge in [-0.2, -0.15) is 0 Å². The van der Waals surface area contributed by atoms with Gasteiger partial charge in [0.25, 0.3) is 5.91 Å². The summed E-state index contributed by atoms with van der Waals surface area (Å²) in [4.78, 5) is 14.0. The Bertz CT molecular complexity index is 804. The summed E-state index contributed by atoms with van der Waals surface area (Å²) in [5, 5.41) is 0. The van der Waals surface area contributed by atoms with Crippen molar-refractivity contribution in [2.45, 2.75) is 0 Å². The third-order valence-electron chi connectivity index (χ3n) is 3.05. The summed E-state index contributed by atoms with van der Waals surface area (Å²) in [5.41, 5.74) is 0.668. The van der Waals surface area contributed by atoms with Crippen molar-refractivity contribution in [3.63, 3.8) is 0 Å². The summed E-state index contributed by atoms with van der Waals surface area (Å²) in [6.07, 6.45) is 1.45. The molecule has 1 saturated heterocycles. The molecule has 1 aliphatic rings. The first-order valence-corrected chi connectivity index (χ1v) is 7.57. The van der Waals surface area contributed by atoms with E-state index in [4.69, 9.17) is 12.2 Å². The highest BCUT2D eigenvalue weighted by Gasteiger charge is 2.33. The number of benzene rings is 2. The first-order chi connectivity index (χ1) is 10.6. The fraction of sp³-hybridized carbons (Fsp3) is 0. The lowest BCUT2D eigenvalue weighted by Crippen LogP contribution is -2.27. The normalized spacial score (nSPS) is 16.6. The Morgan fingerprint density at radius 3 is 2.59 bits per heavy atom. The van der Waals surface area contributed by atoms with Crippen molar-refractivity contribution in [3.8, 4) is 0 Å². The second-order valence-electron chi connectivity index (χ2n) is 4.52. The maximum atomic E-state index is 13.7. The SMILES string of the molecule is O=C1/C(=C\c2ccccc2F)SC(=S)N1c1cccc(F)c1. The highest BCUT2D eigenvalue weighted by molar-refractivity contribution is 8.27. The average molecular weight is 333 g/mol. The van der Waals surface area contributed by atoms with E-state index in [0.29, 0.717) is 16.2 Å². The smallest absolute Gasteiger partial charge is 0.268 e. The maximum absolute atomic E-state index is 13.7. The molecule has 0 saturated carbocycles. The number of amides is 1. The van der Waals surface area contributed by atoms with E-state index in [-0.39, 0.29) is 10.2 Å². The van der Waals surface area contributed by atoms with Gasteiger partial charge < -0.3 is 0 Å². The highest BCUT2D eigenvalue weighted by Crippen LogP contribution is 2.36. The van der Waals surface area contributed by atoms with Gasteiger partial charge in [0.05, 0.1) is 10.6 Å². The molecule has 2 aromatic rings. The van der Waals surface area contributed by atoms with Crippen molar-refractivity contribution < 1.29 is 13.6 Å². The first-order valence-electron chi connectivity index (χ1n) is 6.34. The Morgan fingerprint density at radius 2 is 1.86 bits per heavy atom. The quantitative estimate of drug-likeness (QED) is 0.601. The van der Waals surface area contributed by atoms with Crippen LogP contribution in [0, 0.1) is 11.6 Å². The van der Waals surface area contributed by atoms with Crippen molar-refractivity contribution in [2.75, 3.05) is 4.90 Å². The van der Waals surface area contributed by atoms with Crippen LogP contribution in [0.25, 0.3) is 6.08 Å². The van der Waals surface area contributed by atoms with Crippen LogP contribution in [0.15, 0.2) is 53.4 Å². The van der Waals surface area contributed by atoms with Gasteiger partial charge in [-0.05, 0) is 30.3 Å². The Kier molecular flexibility index (Phi) is 4.04. The number of hydrogen-bond donors (Lipinski definition) is 0. The van der Waals surface area contributed by atoms with E-state index in [0.717, 1.165) is 11.8 Å². The first kappa shape index (κ1) is 14.9. The van der Waals surface area contributed by atoms with Gasteiger partial charge >= 0.3 is 0 Å². The van der Waals surface area contributed by atoms with Gasteiger partial charge in [-0.1, -0.05) is 48.2 Å². The van der Waals surface area contributed by atoms with E-state index in [1.807, 2.05) is 0 Å². The number of hydrogen-bond acceptors (Lipinski definition) is 3. The number of thioether (sulfide) groups is 1. The number of anilines is 1. The number of nitrogens with zero attached hydrogens (tertiary/aromatic N) is 1. The van der Waals surface area contributed by atoms with E-state index in [1.54, 1.807) is 24.3 Å². The molecule has 0 unspecified atom stereocenters.